The molecule has 0 radical (unpaired) electrons. The number of nitrogens with zero attached hydrogens (tertiary/aromatic N) is 3. The van der Waals surface area contributed by atoms with E-state index in [1.807, 2.05) is 32.0 Å². The number of halogens is 1. The van der Waals surface area contributed by atoms with Crippen LogP contribution in [-0.2, 0) is 6.42 Å². The van der Waals surface area contributed by atoms with Crippen LogP contribution >= 0.6 is 11.6 Å². The van der Waals surface area contributed by atoms with E-state index in [0.29, 0.717) is 6.61 Å². The van der Waals surface area contributed by atoms with Crippen molar-refractivity contribution < 1.29 is 9.47 Å². The number of aromatic nitrogens is 1. The Hall–Kier alpha value is -2.18. The summed E-state index contributed by atoms with van der Waals surface area (Å²) in [6, 6.07) is 10.2. The van der Waals surface area contributed by atoms with Gasteiger partial charge in [0, 0.05) is 38.8 Å². The van der Waals surface area contributed by atoms with Crippen molar-refractivity contribution >= 4 is 23.1 Å². The first-order chi connectivity index (χ1) is 15.6. The molecule has 0 bridgehead atoms. The zero-order valence-corrected chi connectivity index (χ0v) is 20.0. The Morgan fingerprint density at radius 2 is 1.94 bits per heavy atom. The Kier molecular flexibility index (Phi) is 7.98. The Morgan fingerprint density at radius 1 is 1.09 bits per heavy atom. The third-order valence-electron chi connectivity index (χ3n) is 6.01. The first-order valence-corrected chi connectivity index (χ1v) is 12.3. The number of nitrogens with one attached hydrogen (secondary N) is 1. The fourth-order valence-corrected chi connectivity index (χ4v) is 4.60. The molecule has 1 N–H and O–H groups in total. The fourth-order valence-electron chi connectivity index (χ4n) is 4.31. The third-order valence-corrected chi connectivity index (χ3v) is 6.39. The van der Waals surface area contributed by atoms with E-state index in [2.05, 4.69) is 32.2 Å². The van der Waals surface area contributed by atoms with E-state index >= 15 is 0 Å². The Morgan fingerprint density at radius 3 is 2.75 bits per heavy atom. The second kappa shape index (κ2) is 11.1. The molecule has 0 atom stereocenters. The van der Waals surface area contributed by atoms with Crippen LogP contribution in [0.3, 0.4) is 0 Å². The molecule has 174 valence electrons. The number of ether oxygens (including phenoxy) is 2. The zero-order valence-electron chi connectivity index (χ0n) is 19.3. The van der Waals surface area contributed by atoms with Crippen molar-refractivity contribution in [3.8, 4) is 11.6 Å². The highest BCUT2D eigenvalue weighted by molar-refractivity contribution is 6.34. The summed E-state index contributed by atoms with van der Waals surface area (Å²) < 4.78 is 11.7. The van der Waals surface area contributed by atoms with Crippen LogP contribution in [0.15, 0.2) is 30.3 Å². The van der Waals surface area contributed by atoms with Crippen LogP contribution in [0.2, 0.25) is 5.02 Å². The largest absolute Gasteiger partial charge is 0.489 e. The van der Waals surface area contributed by atoms with E-state index in [1.54, 1.807) is 0 Å². The van der Waals surface area contributed by atoms with Crippen molar-refractivity contribution in [3.63, 3.8) is 0 Å². The van der Waals surface area contributed by atoms with Gasteiger partial charge in [-0.1, -0.05) is 17.7 Å². The van der Waals surface area contributed by atoms with Crippen LogP contribution in [0.1, 0.15) is 38.7 Å². The molecule has 2 aromatic rings. The van der Waals surface area contributed by atoms with Gasteiger partial charge in [-0.3, -0.25) is 4.90 Å². The van der Waals surface area contributed by atoms with E-state index < -0.39 is 0 Å². The predicted octanol–water partition coefficient (Wildman–Crippen LogP) is 4.86. The average molecular weight is 459 g/mol. The second-order valence-electron chi connectivity index (χ2n) is 8.83. The number of hydrogen-bond acceptors (Lipinski definition) is 6. The monoisotopic (exact) mass is 458 g/mol. The molecule has 0 spiro atoms. The van der Waals surface area contributed by atoms with Gasteiger partial charge in [0.2, 0.25) is 5.88 Å². The zero-order chi connectivity index (χ0) is 22.3. The van der Waals surface area contributed by atoms with Gasteiger partial charge in [0.15, 0.2) is 0 Å². The van der Waals surface area contributed by atoms with Gasteiger partial charge in [0.1, 0.15) is 16.6 Å². The molecule has 32 heavy (non-hydrogen) atoms. The number of rotatable bonds is 9. The SMILES string of the molecule is CC(C)Oc1cccc(N2CCN(CCCCOc3ccc4c(n3)NCCC4)CC2)c1Cl. The summed E-state index contributed by atoms with van der Waals surface area (Å²) >= 11 is 6.63. The van der Waals surface area contributed by atoms with Crippen LogP contribution < -0.4 is 19.7 Å². The lowest BCUT2D eigenvalue weighted by Gasteiger charge is -2.36. The normalized spacial score (nSPS) is 16.6. The lowest BCUT2D eigenvalue weighted by atomic mass is 10.1. The van der Waals surface area contributed by atoms with Crippen LogP contribution in [-0.4, -0.2) is 61.9 Å². The minimum atomic E-state index is 0.114. The number of aryl methyl sites for hydroxylation is 1. The Labute approximate surface area is 196 Å². The number of fused-ring (bicyclic) bond motifs is 1. The van der Waals surface area contributed by atoms with Crippen LogP contribution in [0.5, 0.6) is 11.6 Å². The minimum Gasteiger partial charge on any atom is -0.489 e. The quantitative estimate of drug-likeness (QED) is 0.541. The molecule has 2 aliphatic rings. The highest BCUT2D eigenvalue weighted by Gasteiger charge is 2.20. The van der Waals surface area contributed by atoms with E-state index in [4.69, 9.17) is 21.1 Å². The van der Waals surface area contributed by atoms with Crippen LogP contribution in [0.4, 0.5) is 11.5 Å². The molecule has 0 aliphatic carbocycles. The van der Waals surface area contributed by atoms with Gasteiger partial charge in [-0.25, -0.2) is 0 Å². The molecule has 0 saturated carbocycles. The van der Waals surface area contributed by atoms with Gasteiger partial charge in [0.05, 0.1) is 18.4 Å². The smallest absolute Gasteiger partial charge is 0.215 e. The number of unbranched alkanes of at least 4 members (excludes halogenated alkanes) is 1. The summed E-state index contributed by atoms with van der Waals surface area (Å²) in [5.41, 5.74) is 2.37. The summed E-state index contributed by atoms with van der Waals surface area (Å²) in [6.07, 6.45) is 4.55. The average Bonchev–Trinajstić information content (AvgIpc) is 2.80. The second-order valence-corrected chi connectivity index (χ2v) is 9.21. The predicted molar refractivity (Wildman–Crippen MR) is 132 cm³/mol. The molecule has 1 saturated heterocycles. The molecule has 6 nitrogen and oxygen atoms in total. The van der Waals surface area contributed by atoms with Crippen LogP contribution in [0.25, 0.3) is 0 Å². The number of pyridine rings is 1. The first kappa shape index (κ1) is 23.0. The molecule has 1 fully saturated rings. The highest BCUT2D eigenvalue weighted by atomic mass is 35.5. The molecule has 4 rings (SSSR count). The van der Waals surface area contributed by atoms with E-state index in [1.165, 1.54) is 12.0 Å². The Balaban J connectivity index is 1.16. The van der Waals surface area contributed by atoms with Gasteiger partial charge < -0.3 is 19.7 Å². The maximum atomic E-state index is 6.63. The van der Waals surface area contributed by atoms with Crippen molar-refractivity contribution in [3.05, 3.63) is 40.9 Å². The molecule has 0 unspecified atom stereocenters. The molecule has 1 aromatic carbocycles. The molecular formula is C25H35ClN4O2. The summed E-state index contributed by atoms with van der Waals surface area (Å²) in [4.78, 5) is 9.49. The standard InChI is InChI=1S/C25H35ClN4O2/c1-19(2)32-22-9-5-8-21(24(22)26)30-16-14-29(15-17-30)13-3-4-18-31-23-11-10-20-7-6-12-27-25(20)28-23/h5,8-11,19H,3-4,6-7,12-18H2,1-2H3,(H,27,28). The van der Waals surface area contributed by atoms with Crippen molar-refractivity contribution in [1.29, 1.82) is 0 Å². The molecule has 7 heteroatoms. The highest BCUT2D eigenvalue weighted by Crippen LogP contribution is 2.35. The van der Waals surface area contributed by atoms with E-state index in [9.17, 15) is 0 Å². The van der Waals surface area contributed by atoms with Gasteiger partial charge in [-0.2, -0.15) is 4.98 Å². The number of anilines is 2. The lowest BCUT2D eigenvalue weighted by Crippen LogP contribution is -2.46. The van der Waals surface area contributed by atoms with Crippen molar-refractivity contribution in [2.75, 3.05) is 56.1 Å². The van der Waals surface area contributed by atoms with Gasteiger partial charge >= 0.3 is 0 Å². The van der Waals surface area contributed by atoms with Crippen molar-refractivity contribution in [1.82, 2.24) is 9.88 Å². The van der Waals surface area contributed by atoms with Crippen molar-refractivity contribution in [2.45, 2.75) is 45.6 Å². The molecule has 1 aromatic heterocycles. The topological polar surface area (TPSA) is 49.9 Å². The minimum absolute atomic E-state index is 0.114. The van der Waals surface area contributed by atoms with E-state index in [0.717, 1.165) is 86.7 Å². The lowest BCUT2D eigenvalue weighted by molar-refractivity contribution is 0.235. The number of benzene rings is 1. The summed E-state index contributed by atoms with van der Waals surface area (Å²) in [5, 5.41) is 4.08. The fraction of sp³-hybridized carbons (Fsp3) is 0.560. The summed E-state index contributed by atoms with van der Waals surface area (Å²) in [5.74, 6) is 2.49. The molecule has 3 heterocycles. The first-order valence-electron chi connectivity index (χ1n) is 11.9. The Bertz CT molecular complexity index is 884. The van der Waals surface area contributed by atoms with Gasteiger partial charge in [0.25, 0.3) is 0 Å². The third kappa shape index (κ3) is 5.99. The van der Waals surface area contributed by atoms with Gasteiger partial charge in [-0.05, 0) is 69.8 Å². The number of hydrogen-bond donors (Lipinski definition) is 1. The van der Waals surface area contributed by atoms with Gasteiger partial charge in [-0.15, -0.1) is 0 Å². The molecule has 0 amide bonds. The van der Waals surface area contributed by atoms with Crippen LogP contribution in [0, 0.1) is 0 Å². The molecule has 2 aliphatic heterocycles. The molecular weight excluding hydrogens is 424 g/mol. The van der Waals surface area contributed by atoms with Crippen molar-refractivity contribution in [2.24, 2.45) is 0 Å². The van der Waals surface area contributed by atoms with E-state index in [-0.39, 0.29) is 6.10 Å². The summed E-state index contributed by atoms with van der Waals surface area (Å²) in [6.45, 7) is 10.9. The number of piperazine rings is 1. The summed E-state index contributed by atoms with van der Waals surface area (Å²) in [7, 11) is 0. The maximum absolute atomic E-state index is 6.63. The maximum Gasteiger partial charge on any atom is 0.215 e.